The van der Waals surface area contributed by atoms with Gasteiger partial charge >= 0.3 is 0 Å². The van der Waals surface area contributed by atoms with Crippen molar-refractivity contribution in [3.63, 3.8) is 0 Å². The van der Waals surface area contributed by atoms with Crippen LogP contribution < -0.4 is 0 Å². The first-order chi connectivity index (χ1) is 10.4. The van der Waals surface area contributed by atoms with Gasteiger partial charge in [0.05, 0.1) is 25.2 Å². The first kappa shape index (κ1) is 14.1. The molecule has 2 aromatic carbocycles. The standard InChI is InChI=1S/C18H20N2O/c19-14-16(8-9-20-10-12-21-13-11-20)18-7-3-5-15-4-1-2-6-17(15)18/h1-7,16H,8-13H2/t16-/m1/s1. The number of rotatable bonds is 4. The molecule has 0 bridgehead atoms. The van der Waals surface area contributed by atoms with Gasteiger partial charge < -0.3 is 4.74 Å². The van der Waals surface area contributed by atoms with Crippen molar-refractivity contribution in [2.75, 3.05) is 32.8 Å². The molecule has 0 N–H and O–H groups in total. The summed E-state index contributed by atoms with van der Waals surface area (Å²) in [6.07, 6.45) is 0.879. The summed E-state index contributed by atoms with van der Waals surface area (Å²) in [7, 11) is 0. The van der Waals surface area contributed by atoms with E-state index in [0.29, 0.717) is 0 Å². The second kappa shape index (κ2) is 6.71. The highest BCUT2D eigenvalue weighted by Gasteiger charge is 2.16. The summed E-state index contributed by atoms with van der Waals surface area (Å²) in [5.41, 5.74) is 1.16. The van der Waals surface area contributed by atoms with E-state index in [1.807, 2.05) is 12.1 Å². The van der Waals surface area contributed by atoms with Gasteiger partial charge in [0.1, 0.15) is 0 Å². The predicted octanol–water partition coefficient (Wildman–Crippen LogP) is 3.17. The monoisotopic (exact) mass is 280 g/mol. The van der Waals surface area contributed by atoms with Gasteiger partial charge in [-0.1, -0.05) is 42.5 Å². The van der Waals surface area contributed by atoms with Crippen LogP contribution in [0.3, 0.4) is 0 Å². The number of nitrogens with zero attached hydrogens (tertiary/aromatic N) is 2. The van der Waals surface area contributed by atoms with Crippen LogP contribution in [0.5, 0.6) is 0 Å². The lowest BCUT2D eigenvalue weighted by Crippen LogP contribution is -2.37. The normalized spacial score (nSPS) is 17.5. The van der Waals surface area contributed by atoms with Gasteiger partial charge in [-0.05, 0) is 29.3 Å². The summed E-state index contributed by atoms with van der Waals surface area (Å²) in [4.78, 5) is 2.39. The average Bonchev–Trinajstić information content (AvgIpc) is 2.56. The van der Waals surface area contributed by atoms with E-state index in [2.05, 4.69) is 41.3 Å². The van der Waals surface area contributed by atoms with Crippen LogP contribution in [-0.4, -0.2) is 37.7 Å². The summed E-state index contributed by atoms with van der Waals surface area (Å²) in [5, 5.41) is 12.0. The maximum atomic E-state index is 9.58. The first-order valence-electron chi connectivity index (χ1n) is 7.56. The first-order valence-corrected chi connectivity index (χ1v) is 7.56. The molecule has 1 aliphatic heterocycles. The lowest BCUT2D eigenvalue weighted by molar-refractivity contribution is 0.0371. The van der Waals surface area contributed by atoms with E-state index in [1.54, 1.807) is 0 Å². The Morgan fingerprint density at radius 2 is 1.86 bits per heavy atom. The van der Waals surface area contributed by atoms with Crippen molar-refractivity contribution in [3.05, 3.63) is 48.0 Å². The molecule has 2 aromatic rings. The Kier molecular flexibility index (Phi) is 4.49. The molecule has 0 aliphatic carbocycles. The van der Waals surface area contributed by atoms with E-state index in [0.717, 1.165) is 44.8 Å². The number of hydrogen-bond acceptors (Lipinski definition) is 3. The lowest BCUT2D eigenvalue weighted by atomic mass is 9.92. The van der Waals surface area contributed by atoms with Crippen molar-refractivity contribution < 1.29 is 4.74 Å². The molecule has 108 valence electrons. The van der Waals surface area contributed by atoms with Crippen LogP contribution in [0.25, 0.3) is 10.8 Å². The molecule has 21 heavy (non-hydrogen) atoms. The van der Waals surface area contributed by atoms with Gasteiger partial charge in [-0.3, -0.25) is 4.90 Å². The fourth-order valence-electron chi connectivity index (χ4n) is 2.98. The second-order valence-electron chi connectivity index (χ2n) is 5.49. The molecule has 3 heteroatoms. The van der Waals surface area contributed by atoms with Crippen molar-refractivity contribution in [1.82, 2.24) is 4.90 Å². The third-order valence-corrected chi connectivity index (χ3v) is 4.19. The molecule has 0 amide bonds. The van der Waals surface area contributed by atoms with Crippen molar-refractivity contribution in [3.8, 4) is 6.07 Å². The molecule has 0 radical (unpaired) electrons. The maximum absolute atomic E-state index is 9.58. The minimum absolute atomic E-state index is 0.0426. The van der Waals surface area contributed by atoms with Crippen molar-refractivity contribution in [2.45, 2.75) is 12.3 Å². The molecule has 3 nitrogen and oxygen atoms in total. The molecule has 3 rings (SSSR count). The van der Waals surface area contributed by atoms with E-state index in [-0.39, 0.29) is 5.92 Å². The molecule has 1 atom stereocenters. The van der Waals surface area contributed by atoms with Gasteiger partial charge in [-0.15, -0.1) is 0 Å². The van der Waals surface area contributed by atoms with Crippen LogP contribution in [0.1, 0.15) is 17.9 Å². The van der Waals surface area contributed by atoms with Crippen LogP contribution in [0.2, 0.25) is 0 Å². The SMILES string of the molecule is N#C[C@@H](CCN1CCOCC1)c1cccc2ccccc12. The lowest BCUT2D eigenvalue weighted by Gasteiger charge is -2.27. The zero-order chi connectivity index (χ0) is 14.5. The highest BCUT2D eigenvalue weighted by molar-refractivity contribution is 5.86. The molecular formula is C18H20N2O. The zero-order valence-corrected chi connectivity index (χ0v) is 12.2. The molecule has 1 aliphatic rings. The van der Waals surface area contributed by atoms with Gasteiger partial charge in [0.25, 0.3) is 0 Å². The smallest absolute Gasteiger partial charge is 0.0730 e. The largest absolute Gasteiger partial charge is 0.379 e. The van der Waals surface area contributed by atoms with E-state index < -0.39 is 0 Å². The van der Waals surface area contributed by atoms with E-state index >= 15 is 0 Å². The fraction of sp³-hybridized carbons (Fsp3) is 0.389. The van der Waals surface area contributed by atoms with Crippen LogP contribution in [-0.2, 0) is 4.74 Å². The number of ether oxygens (including phenoxy) is 1. The molecule has 0 unspecified atom stereocenters. The van der Waals surface area contributed by atoms with E-state index in [4.69, 9.17) is 4.74 Å². The predicted molar refractivity (Wildman–Crippen MR) is 84.2 cm³/mol. The average molecular weight is 280 g/mol. The van der Waals surface area contributed by atoms with Crippen molar-refractivity contribution in [1.29, 1.82) is 5.26 Å². The quantitative estimate of drug-likeness (QED) is 0.863. The topological polar surface area (TPSA) is 36.3 Å². The summed E-state index contributed by atoms with van der Waals surface area (Å²) in [6, 6.07) is 17.1. The Morgan fingerprint density at radius 1 is 1.10 bits per heavy atom. The van der Waals surface area contributed by atoms with Gasteiger partial charge in [0, 0.05) is 13.1 Å². The van der Waals surface area contributed by atoms with Crippen molar-refractivity contribution in [2.24, 2.45) is 0 Å². The Bertz CT molecular complexity index is 636. The zero-order valence-electron chi connectivity index (χ0n) is 12.2. The van der Waals surface area contributed by atoms with Gasteiger partial charge in [0.15, 0.2) is 0 Å². The summed E-state index contributed by atoms with van der Waals surface area (Å²) in [5.74, 6) is -0.0426. The number of hydrogen-bond donors (Lipinski definition) is 0. The Balaban J connectivity index is 1.77. The Labute approximate surface area is 125 Å². The number of fused-ring (bicyclic) bond motifs is 1. The summed E-state index contributed by atoms with van der Waals surface area (Å²) < 4.78 is 5.37. The number of benzene rings is 2. The molecule has 1 fully saturated rings. The van der Waals surface area contributed by atoms with Crippen LogP contribution in [0.4, 0.5) is 0 Å². The molecule has 1 heterocycles. The van der Waals surface area contributed by atoms with Crippen LogP contribution in [0, 0.1) is 11.3 Å². The third kappa shape index (κ3) is 3.24. The number of morpholine rings is 1. The molecular weight excluding hydrogens is 260 g/mol. The van der Waals surface area contributed by atoms with Crippen molar-refractivity contribution >= 4 is 10.8 Å². The Morgan fingerprint density at radius 3 is 2.67 bits per heavy atom. The maximum Gasteiger partial charge on any atom is 0.0730 e. The van der Waals surface area contributed by atoms with E-state index in [9.17, 15) is 5.26 Å². The molecule has 1 saturated heterocycles. The number of nitriles is 1. The van der Waals surface area contributed by atoms with Gasteiger partial charge in [-0.2, -0.15) is 5.26 Å². The van der Waals surface area contributed by atoms with Gasteiger partial charge in [-0.25, -0.2) is 0 Å². The van der Waals surface area contributed by atoms with Crippen LogP contribution >= 0.6 is 0 Å². The summed E-state index contributed by atoms with van der Waals surface area (Å²) >= 11 is 0. The fourth-order valence-corrected chi connectivity index (χ4v) is 2.98. The highest BCUT2D eigenvalue weighted by Crippen LogP contribution is 2.27. The minimum atomic E-state index is -0.0426. The third-order valence-electron chi connectivity index (χ3n) is 4.19. The van der Waals surface area contributed by atoms with Gasteiger partial charge in [0.2, 0.25) is 0 Å². The van der Waals surface area contributed by atoms with Crippen LogP contribution in [0.15, 0.2) is 42.5 Å². The summed E-state index contributed by atoms with van der Waals surface area (Å²) in [6.45, 7) is 4.54. The molecule has 0 saturated carbocycles. The molecule has 0 aromatic heterocycles. The minimum Gasteiger partial charge on any atom is -0.379 e. The molecule has 0 spiro atoms. The second-order valence-corrected chi connectivity index (χ2v) is 5.49. The Hall–Kier alpha value is -1.89. The van der Waals surface area contributed by atoms with E-state index in [1.165, 1.54) is 10.8 Å². The highest BCUT2D eigenvalue weighted by atomic mass is 16.5.